The Hall–Kier alpha value is -3.54. The Morgan fingerprint density at radius 2 is 1.43 bits per heavy atom. The maximum Gasteiger partial charge on any atom is 0.235 e. The third kappa shape index (κ3) is 6.45. The summed E-state index contributed by atoms with van der Waals surface area (Å²) in [6.45, 7) is 12.3. The first kappa shape index (κ1) is 31.9. The van der Waals surface area contributed by atoms with Crippen molar-refractivity contribution >= 4 is 11.8 Å². The van der Waals surface area contributed by atoms with Crippen LogP contribution in [0.2, 0.25) is 0 Å². The summed E-state index contributed by atoms with van der Waals surface area (Å²) in [4.78, 5) is 14.2. The van der Waals surface area contributed by atoms with Gasteiger partial charge in [-0.2, -0.15) is 10.2 Å². The monoisotopic (exact) mass is 606 g/mol. The fourth-order valence-electron chi connectivity index (χ4n) is 7.06. The molecule has 0 unspecified atom stereocenters. The van der Waals surface area contributed by atoms with Crippen LogP contribution in [0.4, 0.5) is 0 Å². The molecular weight excluding hydrogens is 556 g/mol. The molecule has 5 heterocycles. The zero-order chi connectivity index (χ0) is 31.2. The number of amides is 1. The Kier molecular flexibility index (Phi) is 10.5. The van der Waals surface area contributed by atoms with Gasteiger partial charge in [-0.25, -0.2) is 10.8 Å². The van der Waals surface area contributed by atoms with Crippen LogP contribution in [0.5, 0.6) is 0 Å². The van der Waals surface area contributed by atoms with E-state index in [9.17, 15) is 4.79 Å². The highest BCUT2D eigenvalue weighted by Gasteiger charge is 2.32. The molecule has 240 valence electrons. The minimum Gasteiger partial charge on any atom is -0.477 e. The third-order valence-corrected chi connectivity index (χ3v) is 9.23. The first-order chi connectivity index (χ1) is 21.4. The molecule has 1 amide bonds. The van der Waals surface area contributed by atoms with Crippen molar-refractivity contribution in [2.24, 2.45) is 10.8 Å². The van der Waals surface area contributed by atoms with E-state index in [4.69, 9.17) is 14.9 Å². The minimum absolute atomic E-state index is 0.218. The number of carbonyl (C=O) groups excluding carboxylic acids is 1. The van der Waals surface area contributed by atoms with Crippen molar-refractivity contribution in [2.75, 3.05) is 13.2 Å². The van der Waals surface area contributed by atoms with Crippen LogP contribution in [0.1, 0.15) is 125 Å². The first-order valence-corrected chi connectivity index (χ1v) is 16.7. The smallest absolute Gasteiger partial charge is 0.235 e. The number of hydrazine groups is 1. The maximum absolute atomic E-state index is 9.58. The lowest BCUT2D eigenvalue weighted by atomic mass is 10.0. The van der Waals surface area contributed by atoms with Crippen molar-refractivity contribution in [2.45, 2.75) is 130 Å². The number of aryl methyl sites for hydroxylation is 3. The zero-order valence-corrected chi connectivity index (χ0v) is 27.2. The molecule has 2 aliphatic carbocycles. The Labute approximate surface area is 260 Å². The maximum atomic E-state index is 9.58. The van der Waals surface area contributed by atoms with E-state index < -0.39 is 0 Å². The van der Waals surface area contributed by atoms with Crippen LogP contribution in [0.25, 0.3) is 11.5 Å². The molecule has 0 spiro atoms. The highest BCUT2D eigenvalue weighted by molar-refractivity contribution is 5.95. The number of aliphatic imine (C=N–C) groups is 1. The summed E-state index contributed by atoms with van der Waals surface area (Å²) < 4.78 is 12.5. The molecule has 3 N–H and O–H groups in total. The number of nitrogens with one attached hydrogen (secondary N) is 1. The van der Waals surface area contributed by atoms with Gasteiger partial charge in [0.25, 0.3) is 0 Å². The van der Waals surface area contributed by atoms with Crippen molar-refractivity contribution in [1.82, 2.24) is 39.8 Å². The number of hydrogen-bond donors (Lipinski definition) is 2. The number of aromatic nitrogens is 7. The van der Waals surface area contributed by atoms with Crippen molar-refractivity contribution in [3.63, 3.8) is 0 Å². The van der Waals surface area contributed by atoms with Crippen molar-refractivity contribution < 1.29 is 9.53 Å². The van der Waals surface area contributed by atoms with Crippen molar-refractivity contribution in [1.29, 1.82) is 0 Å². The molecule has 2 saturated carbocycles. The molecule has 0 bridgehead atoms. The van der Waals surface area contributed by atoms with Crippen LogP contribution >= 0.6 is 0 Å². The predicted octanol–water partition coefficient (Wildman–Crippen LogP) is 4.58. The topological polar surface area (TPSA) is 143 Å². The van der Waals surface area contributed by atoms with E-state index >= 15 is 0 Å². The molecule has 3 aromatic rings. The van der Waals surface area contributed by atoms with Gasteiger partial charge in [0, 0.05) is 31.1 Å². The lowest BCUT2D eigenvalue weighted by Gasteiger charge is -2.19. The number of carbonyl (C=O) groups is 1. The van der Waals surface area contributed by atoms with E-state index in [2.05, 4.69) is 48.8 Å². The molecular formula is C32H50N10O2. The number of rotatable bonds is 5. The molecule has 0 atom stereocenters. The number of fused-ring (bicyclic) bond motifs is 4. The van der Waals surface area contributed by atoms with Crippen LogP contribution in [0.3, 0.4) is 0 Å². The molecule has 44 heavy (non-hydrogen) atoms. The summed E-state index contributed by atoms with van der Waals surface area (Å²) in [7, 11) is 0. The lowest BCUT2D eigenvalue weighted by Crippen LogP contribution is -2.26. The standard InChI is InChI=1S/C15H21N5.C15H23N3O.C2H6N2O/c1-3-13-12-8-9-19-10(2)16-17-15(19)14(12)20(18-13)11-6-4-5-7-11;1-3-13-12-9-10-16-15(19-4-2)14(12)18(17-13)11-7-5-6-8-11;1-2(5)4-3/h11H,3-9H2,1-2H3;11H,3-10H2,1-2H3;3H2,1H3,(H,4,5). The Balaban J connectivity index is 0.000000152. The van der Waals surface area contributed by atoms with Gasteiger partial charge in [-0.15, -0.1) is 10.2 Å². The number of nitrogens with two attached hydrogens (primary N) is 1. The van der Waals surface area contributed by atoms with Crippen LogP contribution in [0, 0.1) is 6.92 Å². The van der Waals surface area contributed by atoms with Gasteiger partial charge >= 0.3 is 0 Å². The largest absolute Gasteiger partial charge is 0.477 e. The minimum atomic E-state index is -0.218. The lowest BCUT2D eigenvalue weighted by molar-refractivity contribution is -0.119. The van der Waals surface area contributed by atoms with Gasteiger partial charge in [0.15, 0.2) is 5.82 Å². The van der Waals surface area contributed by atoms with Crippen LogP contribution < -0.4 is 11.3 Å². The molecule has 7 rings (SSSR count). The Morgan fingerprint density at radius 3 is 1.95 bits per heavy atom. The molecule has 12 heteroatoms. The number of nitrogens with zero attached hydrogens (tertiary/aromatic N) is 8. The second-order valence-electron chi connectivity index (χ2n) is 12.1. The highest BCUT2D eigenvalue weighted by Crippen LogP contribution is 2.38. The number of hydrogen-bond acceptors (Lipinski definition) is 8. The van der Waals surface area contributed by atoms with Crippen LogP contribution in [-0.2, 0) is 41.8 Å². The average molecular weight is 607 g/mol. The first-order valence-electron chi connectivity index (χ1n) is 16.7. The van der Waals surface area contributed by atoms with Gasteiger partial charge in [-0.05, 0) is 65.2 Å². The third-order valence-electron chi connectivity index (χ3n) is 9.23. The van der Waals surface area contributed by atoms with E-state index in [1.54, 1.807) is 0 Å². The van der Waals surface area contributed by atoms with E-state index in [0.29, 0.717) is 18.7 Å². The summed E-state index contributed by atoms with van der Waals surface area (Å²) in [6, 6.07) is 1.12. The quantitative estimate of drug-likeness (QED) is 0.246. The van der Waals surface area contributed by atoms with Crippen LogP contribution in [0.15, 0.2) is 4.99 Å². The summed E-state index contributed by atoms with van der Waals surface area (Å²) >= 11 is 0. The van der Waals surface area contributed by atoms with Crippen molar-refractivity contribution in [3.05, 3.63) is 34.0 Å². The van der Waals surface area contributed by atoms with Gasteiger partial charge in [0.2, 0.25) is 11.8 Å². The van der Waals surface area contributed by atoms with Crippen molar-refractivity contribution in [3.8, 4) is 11.5 Å². The molecule has 3 aromatic heterocycles. The molecule has 12 nitrogen and oxygen atoms in total. The number of ether oxygens (including phenoxy) is 1. The van der Waals surface area contributed by atoms with E-state index in [-0.39, 0.29) is 5.91 Å². The molecule has 2 aliphatic heterocycles. The van der Waals surface area contributed by atoms with E-state index in [0.717, 1.165) is 56.3 Å². The molecule has 4 aliphatic rings. The molecule has 0 aromatic carbocycles. The summed E-state index contributed by atoms with van der Waals surface area (Å²) in [5.41, 5.74) is 9.62. The van der Waals surface area contributed by atoms with Gasteiger partial charge in [0.05, 0.1) is 30.1 Å². The normalized spacial score (nSPS) is 17.5. The Bertz CT molecular complexity index is 1450. The fraction of sp³-hybridized carbons (Fsp3) is 0.688. The second kappa shape index (κ2) is 14.5. The summed E-state index contributed by atoms with van der Waals surface area (Å²) in [6.07, 6.45) is 14.4. The predicted molar refractivity (Wildman–Crippen MR) is 170 cm³/mol. The van der Waals surface area contributed by atoms with Gasteiger partial charge in [0.1, 0.15) is 17.2 Å². The average Bonchev–Trinajstić information content (AvgIpc) is 3.87. The second-order valence-corrected chi connectivity index (χ2v) is 12.1. The molecule has 0 radical (unpaired) electrons. The molecule has 0 saturated heterocycles. The summed E-state index contributed by atoms with van der Waals surface area (Å²) in [5, 5.41) is 18.5. The van der Waals surface area contributed by atoms with Gasteiger partial charge < -0.3 is 9.30 Å². The van der Waals surface area contributed by atoms with Gasteiger partial charge in [-0.3, -0.25) is 19.6 Å². The highest BCUT2D eigenvalue weighted by atomic mass is 16.5. The zero-order valence-electron chi connectivity index (χ0n) is 27.2. The summed E-state index contributed by atoms with van der Waals surface area (Å²) in [5.74, 6) is 7.22. The van der Waals surface area contributed by atoms with E-state index in [1.165, 1.54) is 92.2 Å². The van der Waals surface area contributed by atoms with Crippen LogP contribution in [-0.4, -0.2) is 59.3 Å². The SMILES string of the molecule is CC(=O)NN.CCOC1=NCCc2c(CC)nn(C3CCCC3)c21.CCc1nn(C2CCCC2)c2c1CCn1c(C)nnc1-2. The van der Waals surface area contributed by atoms with Gasteiger partial charge in [-0.1, -0.05) is 39.5 Å². The van der Waals surface area contributed by atoms with E-state index in [1.807, 2.05) is 19.3 Å². The fourth-order valence-corrected chi connectivity index (χ4v) is 7.06. The Morgan fingerprint density at radius 1 is 0.886 bits per heavy atom. The molecule has 2 fully saturated rings.